The second-order valence-electron chi connectivity index (χ2n) is 9.25. The number of rotatable bonds is 16. The van der Waals surface area contributed by atoms with E-state index in [4.69, 9.17) is 21.5 Å². The van der Waals surface area contributed by atoms with E-state index in [1.54, 1.807) is 18.2 Å². The Hall–Kier alpha value is -5.08. The molecule has 0 saturated carbocycles. The van der Waals surface area contributed by atoms with Crippen molar-refractivity contribution in [2.45, 2.75) is 37.8 Å². The van der Waals surface area contributed by atoms with E-state index in [-0.39, 0.29) is 50.8 Å². The summed E-state index contributed by atoms with van der Waals surface area (Å²) < 4.78 is 5.45. The number of H-pyrrole nitrogens is 1. The summed E-state index contributed by atoms with van der Waals surface area (Å²) in [5, 5.41) is 20.2. The van der Waals surface area contributed by atoms with Crippen molar-refractivity contribution in [2.75, 3.05) is 32.1 Å². The van der Waals surface area contributed by atoms with Crippen molar-refractivity contribution in [3.63, 3.8) is 0 Å². The number of aromatic nitrogens is 3. The highest BCUT2D eigenvalue weighted by atomic mass is 32.1. The Labute approximate surface area is 250 Å². The first-order valence-corrected chi connectivity index (χ1v) is 14.0. The summed E-state index contributed by atoms with van der Waals surface area (Å²) in [6, 6.07) is 4.94. The van der Waals surface area contributed by atoms with Gasteiger partial charge >= 0.3 is 0 Å². The molecule has 0 radical (unpaired) electrons. The van der Waals surface area contributed by atoms with Gasteiger partial charge in [-0.3, -0.25) is 24.2 Å². The van der Waals surface area contributed by atoms with Crippen molar-refractivity contribution >= 4 is 56.8 Å². The van der Waals surface area contributed by atoms with Crippen LogP contribution in [0.15, 0.2) is 35.7 Å². The normalized spacial score (nSPS) is 12.0. The van der Waals surface area contributed by atoms with Crippen molar-refractivity contribution in [1.82, 2.24) is 30.9 Å². The van der Waals surface area contributed by atoms with Crippen LogP contribution in [-0.4, -0.2) is 83.4 Å². The number of benzene rings is 1. The first-order chi connectivity index (χ1) is 20.7. The van der Waals surface area contributed by atoms with Crippen molar-refractivity contribution in [3.8, 4) is 6.07 Å². The summed E-state index contributed by atoms with van der Waals surface area (Å²) >= 11 is 1.19. The van der Waals surface area contributed by atoms with Crippen LogP contribution in [0.25, 0.3) is 10.2 Å². The van der Waals surface area contributed by atoms with Gasteiger partial charge < -0.3 is 42.5 Å². The van der Waals surface area contributed by atoms with Gasteiger partial charge in [-0.05, 0) is 31.0 Å². The molecule has 0 bridgehead atoms. The van der Waals surface area contributed by atoms with E-state index in [0.29, 0.717) is 33.0 Å². The van der Waals surface area contributed by atoms with E-state index in [2.05, 4.69) is 41.2 Å². The zero-order valence-corrected chi connectivity index (χ0v) is 24.2. The van der Waals surface area contributed by atoms with Crippen LogP contribution in [0.5, 0.6) is 0 Å². The Morgan fingerprint density at radius 2 is 1.98 bits per heavy atom. The molecule has 0 aliphatic heterocycles. The summed E-state index contributed by atoms with van der Waals surface area (Å²) in [5.74, 6) is -2.07. The number of nitrogens with zero attached hydrogens (tertiary/aromatic N) is 4. The van der Waals surface area contributed by atoms with Crippen LogP contribution in [0.2, 0.25) is 0 Å². The molecule has 1 aromatic carbocycles. The second kappa shape index (κ2) is 16.4. The fourth-order valence-corrected chi connectivity index (χ4v) is 4.72. The molecule has 43 heavy (non-hydrogen) atoms. The largest absolute Gasteiger partial charge is 0.375 e. The summed E-state index contributed by atoms with van der Waals surface area (Å²) in [7, 11) is 1.38. The van der Waals surface area contributed by atoms with E-state index in [9.17, 15) is 19.2 Å². The lowest BCUT2D eigenvalue weighted by molar-refractivity contribution is -0.131. The van der Waals surface area contributed by atoms with E-state index in [0.717, 1.165) is 0 Å². The molecular formula is C26H33N11O5S. The number of ether oxygens (including phenoxy) is 1. The zero-order valence-electron chi connectivity index (χ0n) is 23.4. The number of hydrogen-bond acceptors (Lipinski definition) is 10. The molecule has 3 rings (SSSR count). The average Bonchev–Trinajstić information content (AvgIpc) is 3.63. The van der Waals surface area contributed by atoms with Crippen molar-refractivity contribution in [1.29, 1.82) is 5.26 Å². The quantitative estimate of drug-likeness (QED) is 0.0605. The monoisotopic (exact) mass is 611 g/mol. The van der Waals surface area contributed by atoms with E-state index < -0.39 is 29.8 Å². The predicted molar refractivity (Wildman–Crippen MR) is 159 cm³/mol. The minimum Gasteiger partial charge on any atom is -0.375 e. The van der Waals surface area contributed by atoms with Gasteiger partial charge in [-0.2, -0.15) is 5.26 Å². The van der Waals surface area contributed by atoms with Gasteiger partial charge in [0.05, 0.1) is 16.5 Å². The SMILES string of the molecule is COCC(=O)NCCC(=O)N[C@@H](Cc1cnc[nH]1)C(=O)N[C@@H](CCCN=C(N)N)C(=O)Nc1ccc2nc(C#N)sc2c1. The number of nitrogens with two attached hydrogens (primary N) is 2. The Bertz CT molecular complexity index is 1480. The molecule has 0 saturated heterocycles. The van der Waals surface area contributed by atoms with Crippen LogP contribution < -0.4 is 32.7 Å². The maximum atomic E-state index is 13.5. The molecule has 2 aromatic heterocycles. The second-order valence-corrected chi connectivity index (χ2v) is 10.3. The number of amides is 4. The zero-order chi connectivity index (χ0) is 31.2. The highest BCUT2D eigenvalue weighted by Gasteiger charge is 2.27. The molecule has 0 spiro atoms. The molecule has 0 unspecified atom stereocenters. The van der Waals surface area contributed by atoms with Crippen molar-refractivity contribution in [3.05, 3.63) is 41.4 Å². The van der Waals surface area contributed by atoms with Crippen LogP contribution in [-0.2, 0) is 30.3 Å². The number of guanidine groups is 1. The van der Waals surface area contributed by atoms with Gasteiger partial charge in [0.25, 0.3) is 0 Å². The number of anilines is 1. The van der Waals surface area contributed by atoms with Gasteiger partial charge in [0.1, 0.15) is 24.8 Å². The molecule has 4 amide bonds. The maximum absolute atomic E-state index is 13.5. The molecule has 2 atom stereocenters. The van der Waals surface area contributed by atoms with Gasteiger partial charge in [0, 0.05) is 50.6 Å². The summed E-state index contributed by atoms with van der Waals surface area (Å²) in [6.07, 6.45) is 3.50. The molecule has 0 aliphatic rings. The molecule has 0 fully saturated rings. The number of hydrogen-bond donors (Lipinski definition) is 7. The lowest BCUT2D eigenvalue weighted by Gasteiger charge is -2.23. The van der Waals surface area contributed by atoms with E-state index in [1.165, 1.54) is 31.0 Å². The number of imidazole rings is 1. The lowest BCUT2D eigenvalue weighted by Crippen LogP contribution is -2.53. The third-order valence-corrected chi connectivity index (χ3v) is 6.83. The summed E-state index contributed by atoms with van der Waals surface area (Å²) in [4.78, 5) is 66.0. The van der Waals surface area contributed by atoms with Gasteiger partial charge in [0.2, 0.25) is 23.6 Å². The van der Waals surface area contributed by atoms with Gasteiger partial charge in [-0.1, -0.05) is 0 Å². The van der Waals surface area contributed by atoms with Crippen LogP contribution in [0.1, 0.15) is 30.0 Å². The van der Waals surface area contributed by atoms with Gasteiger partial charge in [-0.25, -0.2) is 9.97 Å². The van der Waals surface area contributed by atoms with Gasteiger partial charge in [-0.15, -0.1) is 11.3 Å². The first-order valence-electron chi connectivity index (χ1n) is 13.2. The third kappa shape index (κ3) is 10.7. The number of nitrogens with one attached hydrogen (secondary N) is 5. The lowest BCUT2D eigenvalue weighted by atomic mass is 10.1. The van der Waals surface area contributed by atoms with Crippen LogP contribution in [0.3, 0.4) is 0 Å². The fraction of sp³-hybridized carbons (Fsp3) is 0.385. The van der Waals surface area contributed by atoms with Crippen LogP contribution in [0.4, 0.5) is 5.69 Å². The molecule has 16 nitrogen and oxygen atoms in total. The Balaban J connectivity index is 1.72. The van der Waals surface area contributed by atoms with Crippen LogP contribution in [0, 0.1) is 11.3 Å². The Morgan fingerprint density at radius 3 is 2.67 bits per heavy atom. The molecule has 17 heteroatoms. The highest BCUT2D eigenvalue weighted by Crippen LogP contribution is 2.25. The highest BCUT2D eigenvalue weighted by molar-refractivity contribution is 7.19. The first kappa shape index (κ1) is 32.4. The molecule has 2 heterocycles. The number of aromatic amines is 1. The predicted octanol–water partition coefficient (Wildman–Crippen LogP) is -0.752. The molecule has 0 aliphatic carbocycles. The van der Waals surface area contributed by atoms with E-state index >= 15 is 0 Å². The minimum absolute atomic E-state index is 0.0439. The number of aliphatic imine (C=N–C) groups is 1. The number of carbonyl (C=O) groups excluding carboxylic acids is 4. The number of fused-ring (bicyclic) bond motifs is 1. The van der Waals surface area contributed by atoms with Crippen molar-refractivity contribution < 1.29 is 23.9 Å². The summed E-state index contributed by atoms with van der Waals surface area (Å²) in [6.45, 7) is 0.134. The maximum Gasteiger partial charge on any atom is 0.246 e. The Morgan fingerprint density at radius 1 is 1.16 bits per heavy atom. The molecule has 3 aromatic rings. The standard InChI is InChI=1S/C26H33N11O5S/c1-42-13-22(39)31-8-6-21(38)35-19(9-16-12-30-14-33-16)25(41)37-18(3-2-7-32-26(28)29)24(40)34-15-4-5-17-20(10-15)43-23(11-27)36-17/h4-5,10,12,14,18-19H,2-3,6-9,13H2,1H3,(H,30,33)(H,31,39)(H,34,40)(H,35,38)(H,37,41)(H4,28,29,32)/t18-,19-/m0/s1. The molecular weight excluding hydrogens is 578 g/mol. The van der Waals surface area contributed by atoms with E-state index in [1.807, 2.05) is 6.07 Å². The van der Waals surface area contributed by atoms with Crippen LogP contribution >= 0.6 is 11.3 Å². The third-order valence-electron chi connectivity index (χ3n) is 5.91. The number of thiazole rings is 1. The average molecular weight is 612 g/mol. The molecule has 228 valence electrons. The molecule has 9 N–H and O–H groups in total. The minimum atomic E-state index is -1.06. The number of methoxy groups -OCH3 is 1. The number of carbonyl (C=O) groups is 4. The Kier molecular flexibility index (Phi) is 12.4. The number of nitriles is 1. The van der Waals surface area contributed by atoms with Gasteiger partial charge in [0.15, 0.2) is 11.0 Å². The summed E-state index contributed by atoms with van der Waals surface area (Å²) in [5.41, 5.74) is 12.5. The topological polar surface area (TPSA) is 255 Å². The van der Waals surface area contributed by atoms with Crippen molar-refractivity contribution in [2.24, 2.45) is 16.5 Å². The smallest absolute Gasteiger partial charge is 0.246 e. The fourth-order valence-electron chi connectivity index (χ4n) is 3.91.